The first-order valence-electron chi connectivity index (χ1n) is 4.96. The molecule has 2 aliphatic carbocycles. The molecule has 1 amide bonds. The molecule has 4 heteroatoms. The topological polar surface area (TPSA) is 64.4 Å². The first-order valence-corrected chi connectivity index (χ1v) is 4.96. The molecule has 2 rings (SSSR count). The van der Waals surface area contributed by atoms with Crippen LogP contribution in [0.2, 0.25) is 0 Å². The summed E-state index contributed by atoms with van der Waals surface area (Å²) in [5.74, 6) is -0.153. The Bertz CT molecular complexity index is 208. The third-order valence-electron chi connectivity index (χ3n) is 2.86. The van der Waals surface area contributed by atoms with E-state index in [-0.39, 0.29) is 12.0 Å². The van der Waals surface area contributed by atoms with Crippen LogP contribution in [-0.2, 0) is 9.63 Å². The minimum Gasteiger partial charge on any atom is -0.317 e. The summed E-state index contributed by atoms with van der Waals surface area (Å²) in [7, 11) is 0. The summed E-state index contributed by atoms with van der Waals surface area (Å²) in [5, 5.41) is 0. The van der Waals surface area contributed by atoms with Gasteiger partial charge in [0, 0.05) is 0 Å². The molecule has 0 aromatic heterocycles. The quantitative estimate of drug-likeness (QED) is 0.626. The standard InChI is InChI=1S/C9H16N2O2/c10-9(5-6-9)8(12)11-13-7-3-1-2-4-7/h7H,1-6,10H2,(H,11,12). The Kier molecular flexibility index (Phi) is 2.26. The van der Waals surface area contributed by atoms with Gasteiger partial charge in [0.25, 0.3) is 5.91 Å². The summed E-state index contributed by atoms with van der Waals surface area (Å²) in [4.78, 5) is 16.6. The van der Waals surface area contributed by atoms with Crippen LogP contribution < -0.4 is 11.2 Å². The van der Waals surface area contributed by atoms with E-state index in [0.717, 1.165) is 25.7 Å². The van der Waals surface area contributed by atoms with Gasteiger partial charge < -0.3 is 5.73 Å². The van der Waals surface area contributed by atoms with Gasteiger partial charge in [-0.3, -0.25) is 9.63 Å². The minimum absolute atomic E-state index is 0.153. The summed E-state index contributed by atoms with van der Waals surface area (Å²) in [6.07, 6.45) is 6.30. The summed E-state index contributed by atoms with van der Waals surface area (Å²) in [6.45, 7) is 0. The summed E-state index contributed by atoms with van der Waals surface area (Å²) in [5.41, 5.74) is 7.53. The number of nitrogens with one attached hydrogen (secondary N) is 1. The van der Waals surface area contributed by atoms with Gasteiger partial charge in [-0.25, -0.2) is 5.48 Å². The Balaban J connectivity index is 1.69. The van der Waals surface area contributed by atoms with Gasteiger partial charge in [0.05, 0.1) is 11.6 Å². The first kappa shape index (κ1) is 8.97. The summed E-state index contributed by atoms with van der Waals surface area (Å²) < 4.78 is 0. The molecule has 2 fully saturated rings. The van der Waals surface area contributed by atoms with Gasteiger partial charge in [-0.15, -0.1) is 0 Å². The third kappa shape index (κ3) is 2.00. The van der Waals surface area contributed by atoms with Crippen molar-refractivity contribution < 1.29 is 9.63 Å². The summed E-state index contributed by atoms with van der Waals surface area (Å²) in [6, 6.07) is 0. The van der Waals surface area contributed by atoms with Crippen LogP contribution in [0.3, 0.4) is 0 Å². The van der Waals surface area contributed by atoms with Crippen molar-refractivity contribution in [1.82, 2.24) is 5.48 Å². The van der Waals surface area contributed by atoms with E-state index in [2.05, 4.69) is 5.48 Å². The van der Waals surface area contributed by atoms with Crippen LogP contribution in [-0.4, -0.2) is 17.6 Å². The highest BCUT2D eigenvalue weighted by Crippen LogP contribution is 2.32. The maximum absolute atomic E-state index is 11.3. The molecule has 0 aliphatic heterocycles. The highest BCUT2D eigenvalue weighted by Gasteiger charge is 2.46. The van der Waals surface area contributed by atoms with Crippen molar-refractivity contribution in [2.24, 2.45) is 5.73 Å². The van der Waals surface area contributed by atoms with Crippen LogP contribution in [0.4, 0.5) is 0 Å². The number of rotatable bonds is 3. The molecule has 2 aliphatic rings. The fraction of sp³-hybridized carbons (Fsp3) is 0.889. The van der Waals surface area contributed by atoms with E-state index < -0.39 is 5.54 Å². The number of amides is 1. The molecule has 13 heavy (non-hydrogen) atoms. The third-order valence-corrected chi connectivity index (χ3v) is 2.86. The first-order chi connectivity index (χ1) is 6.21. The molecular formula is C9H16N2O2. The molecule has 4 nitrogen and oxygen atoms in total. The lowest BCUT2D eigenvalue weighted by atomic mass is 10.3. The van der Waals surface area contributed by atoms with E-state index in [1.807, 2.05) is 0 Å². The van der Waals surface area contributed by atoms with Crippen molar-refractivity contribution in [3.05, 3.63) is 0 Å². The Morgan fingerprint density at radius 2 is 2.00 bits per heavy atom. The van der Waals surface area contributed by atoms with Crippen LogP contribution >= 0.6 is 0 Å². The second-order valence-electron chi connectivity index (χ2n) is 4.11. The summed E-state index contributed by atoms with van der Waals surface area (Å²) >= 11 is 0. The van der Waals surface area contributed by atoms with Crippen molar-refractivity contribution in [3.63, 3.8) is 0 Å². The van der Waals surface area contributed by atoms with Crippen molar-refractivity contribution in [3.8, 4) is 0 Å². The molecule has 74 valence electrons. The average Bonchev–Trinajstić information content (AvgIpc) is 2.70. The van der Waals surface area contributed by atoms with Crippen LogP contribution in [0.5, 0.6) is 0 Å². The monoisotopic (exact) mass is 184 g/mol. The van der Waals surface area contributed by atoms with Crippen molar-refractivity contribution in [1.29, 1.82) is 0 Å². The molecule has 3 N–H and O–H groups in total. The largest absolute Gasteiger partial charge is 0.317 e. The fourth-order valence-corrected chi connectivity index (χ4v) is 1.61. The van der Waals surface area contributed by atoms with Crippen LogP contribution in [0.25, 0.3) is 0 Å². The van der Waals surface area contributed by atoms with E-state index >= 15 is 0 Å². The highest BCUT2D eigenvalue weighted by atomic mass is 16.7. The molecule has 0 unspecified atom stereocenters. The lowest BCUT2D eigenvalue weighted by molar-refractivity contribution is -0.140. The van der Waals surface area contributed by atoms with Gasteiger partial charge >= 0.3 is 0 Å². The molecule has 0 saturated heterocycles. The van der Waals surface area contributed by atoms with Crippen molar-refractivity contribution >= 4 is 5.91 Å². The van der Waals surface area contributed by atoms with Gasteiger partial charge in [0.2, 0.25) is 0 Å². The molecule has 0 spiro atoms. The molecule has 0 atom stereocenters. The predicted molar refractivity (Wildman–Crippen MR) is 47.6 cm³/mol. The van der Waals surface area contributed by atoms with E-state index in [0.29, 0.717) is 0 Å². The molecular weight excluding hydrogens is 168 g/mol. The van der Waals surface area contributed by atoms with Gasteiger partial charge in [-0.05, 0) is 25.7 Å². The molecule has 0 heterocycles. The zero-order valence-electron chi connectivity index (χ0n) is 7.71. The zero-order chi connectivity index (χ0) is 9.31. The number of carbonyl (C=O) groups is 1. The van der Waals surface area contributed by atoms with Crippen LogP contribution in [0.15, 0.2) is 0 Å². The molecule has 0 bridgehead atoms. The second kappa shape index (κ2) is 3.27. The molecule has 2 saturated carbocycles. The van der Waals surface area contributed by atoms with Gasteiger partial charge in [0.15, 0.2) is 0 Å². The van der Waals surface area contributed by atoms with Crippen molar-refractivity contribution in [2.75, 3.05) is 0 Å². The van der Waals surface area contributed by atoms with Gasteiger partial charge in [0.1, 0.15) is 0 Å². The van der Waals surface area contributed by atoms with Gasteiger partial charge in [-0.2, -0.15) is 0 Å². The zero-order valence-corrected chi connectivity index (χ0v) is 7.71. The normalized spacial score (nSPS) is 25.9. The fourth-order valence-electron chi connectivity index (χ4n) is 1.61. The Morgan fingerprint density at radius 3 is 2.54 bits per heavy atom. The SMILES string of the molecule is NC1(C(=O)NOC2CCCC2)CC1. The lowest BCUT2D eigenvalue weighted by Crippen LogP contribution is -2.43. The van der Waals surface area contributed by atoms with Crippen LogP contribution in [0.1, 0.15) is 38.5 Å². The van der Waals surface area contributed by atoms with E-state index in [4.69, 9.17) is 10.6 Å². The molecule has 0 aromatic rings. The number of hydroxylamine groups is 1. The lowest BCUT2D eigenvalue weighted by Gasteiger charge is -2.13. The smallest absolute Gasteiger partial charge is 0.263 e. The molecule has 0 radical (unpaired) electrons. The van der Waals surface area contributed by atoms with Gasteiger partial charge in [-0.1, -0.05) is 12.8 Å². The minimum atomic E-state index is -0.612. The predicted octanol–water partition coefficient (Wildman–Crippen LogP) is 0.468. The van der Waals surface area contributed by atoms with E-state index in [1.165, 1.54) is 12.8 Å². The van der Waals surface area contributed by atoms with Crippen LogP contribution in [0, 0.1) is 0 Å². The van der Waals surface area contributed by atoms with E-state index in [1.54, 1.807) is 0 Å². The Hall–Kier alpha value is -0.610. The molecule has 0 aromatic carbocycles. The number of carbonyl (C=O) groups excluding carboxylic acids is 1. The second-order valence-corrected chi connectivity index (χ2v) is 4.11. The number of nitrogens with two attached hydrogens (primary N) is 1. The average molecular weight is 184 g/mol. The number of hydrogen-bond donors (Lipinski definition) is 2. The van der Waals surface area contributed by atoms with Crippen molar-refractivity contribution in [2.45, 2.75) is 50.2 Å². The highest BCUT2D eigenvalue weighted by molar-refractivity contribution is 5.88. The van der Waals surface area contributed by atoms with E-state index in [9.17, 15) is 4.79 Å². The number of hydrogen-bond acceptors (Lipinski definition) is 3. The Morgan fingerprint density at radius 1 is 1.38 bits per heavy atom. The maximum Gasteiger partial charge on any atom is 0.263 e. The maximum atomic E-state index is 11.3. The Labute approximate surface area is 77.8 Å².